The minimum atomic E-state index is -1.18. The molecule has 0 saturated carbocycles. The first-order chi connectivity index (χ1) is 17.4. The van der Waals surface area contributed by atoms with E-state index >= 15 is 0 Å². The van der Waals surface area contributed by atoms with Crippen LogP contribution in [0.4, 0.5) is 0 Å². The first-order valence-electron chi connectivity index (χ1n) is 11.8. The predicted molar refractivity (Wildman–Crippen MR) is 136 cm³/mol. The number of phenols is 1. The molecule has 8 heteroatoms. The van der Waals surface area contributed by atoms with Crippen LogP contribution in [0.3, 0.4) is 0 Å². The van der Waals surface area contributed by atoms with Gasteiger partial charge in [-0.2, -0.15) is 0 Å². The number of rotatable bonds is 12. The van der Waals surface area contributed by atoms with E-state index in [1.165, 1.54) is 17.0 Å². The number of carbonyl (C=O) groups is 3. The molecule has 188 valence electrons. The third-order valence-corrected chi connectivity index (χ3v) is 5.86. The Morgan fingerprint density at radius 1 is 0.861 bits per heavy atom. The molecule has 0 fully saturated rings. The van der Waals surface area contributed by atoms with Gasteiger partial charge in [0.05, 0.1) is 5.92 Å². The Bertz CT molecular complexity index is 1100. The zero-order valence-corrected chi connectivity index (χ0v) is 19.9. The summed E-state index contributed by atoms with van der Waals surface area (Å²) in [5.74, 6) is -2.63. The van der Waals surface area contributed by atoms with E-state index in [4.69, 9.17) is 10.8 Å². The molecule has 0 heterocycles. The van der Waals surface area contributed by atoms with Gasteiger partial charge in [0.15, 0.2) is 0 Å². The van der Waals surface area contributed by atoms with Gasteiger partial charge in [-0.15, -0.1) is 0 Å². The second kappa shape index (κ2) is 13.1. The fraction of sp³-hybridized carbons (Fsp3) is 0.250. The Kier molecular flexibility index (Phi) is 9.59. The van der Waals surface area contributed by atoms with Gasteiger partial charge in [-0.1, -0.05) is 72.8 Å². The molecule has 0 saturated heterocycles. The van der Waals surface area contributed by atoms with E-state index in [-0.39, 0.29) is 24.6 Å². The van der Waals surface area contributed by atoms with E-state index in [9.17, 15) is 19.5 Å². The van der Waals surface area contributed by atoms with Crippen LogP contribution >= 0.6 is 0 Å². The minimum Gasteiger partial charge on any atom is -0.508 e. The predicted octanol–water partition coefficient (Wildman–Crippen LogP) is 2.86. The number of amides is 2. The van der Waals surface area contributed by atoms with Gasteiger partial charge in [0.2, 0.25) is 11.8 Å². The second-order valence-electron chi connectivity index (χ2n) is 8.45. The molecule has 8 nitrogen and oxygen atoms in total. The van der Waals surface area contributed by atoms with Crippen molar-refractivity contribution in [1.82, 2.24) is 10.2 Å². The third-order valence-electron chi connectivity index (χ3n) is 5.86. The molecule has 36 heavy (non-hydrogen) atoms. The van der Waals surface area contributed by atoms with Gasteiger partial charge < -0.3 is 26.2 Å². The number of nitrogens with one attached hydrogen (secondary N) is 1. The van der Waals surface area contributed by atoms with Crippen molar-refractivity contribution in [3.05, 3.63) is 102 Å². The maximum Gasteiger partial charge on any atom is 0.322 e. The highest BCUT2D eigenvalue weighted by Gasteiger charge is 2.35. The first-order valence-corrected chi connectivity index (χ1v) is 11.8. The SMILES string of the molecule is NCCC[C@H](C(=O)NCC(=O)O)N(Cc1ccc(O)cc1)C(=O)C(c1ccccc1)c1ccccc1. The van der Waals surface area contributed by atoms with E-state index in [1.54, 1.807) is 12.1 Å². The molecule has 0 aliphatic carbocycles. The lowest BCUT2D eigenvalue weighted by atomic mass is 9.89. The molecule has 2 amide bonds. The summed E-state index contributed by atoms with van der Waals surface area (Å²) < 4.78 is 0. The number of benzene rings is 3. The van der Waals surface area contributed by atoms with Crippen molar-refractivity contribution in [1.29, 1.82) is 0 Å². The van der Waals surface area contributed by atoms with Gasteiger partial charge in [0.25, 0.3) is 0 Å². The molecule has 0 aromatic heterocycles. The van der Waals surface area contributed by atoms with Crippen LogP contribution in [-0.4, -0.2) is 52.0 Å². The van der Waals surface area contributed by atoms with Crippen molar-refractivity contribution in [2.24, 2.45) is 5.73 Å². The highest BCUT2D eigenvalue weighted by Crippen LogP contribution is 2.29. The van der Waals surface area contributed by atoms with E-state index in [2.05, 4.69) is 5.32 Å². The van der Waals surface area contributed by atoms with Crippen molar-refractivity contribution in [3.8, 4) is 5.75 Å². The molecular weight excluding hydrogens is 458 g/mol. The van der Waals surface area contributed by atoms with Gasteiger partial charge in [-0.05, 0) is 48.2 Å². The molecule has 3 aromatic carbocycles. The number of phenolic OH excluding ortho intramolecular Hbond substituents is 1. The first kappa shape index (κ1) is 26.4. The molecular formula is C28H31N3O5. The number of carbonyl (C=O) groups excluding carboxylic acids is 2. The van der Waals surface area contributed by atoms with E-state index in [0.717, 1.165) is 11.1 Å². The van der Waals surface area contributed by atoms with Crippen molar-refractivity contribution >= 4 is 17.8 Å². The number of hydrogen-bond acceptors (Lipinski definition) is 5. The lowest BCUT2D eigenvalue weighted by Crippen LogP contribution is -2.51. The van der Waals surface area contributed by atoms with E-state index in [0.29, 0.717) is 18.5 Å². The molecule has 0 aliphatic rings. The van der Waals surface area contributed by atoms with Crippen molar-refractivity contribution in [2.45, 2.75) is 31.3 Å². The van der Waals surface area contributed by atoms with Crippen molar-refractivity contribution in [2.75, 3.05) is 13.1 Å². The molecule has 1 atom stereocenters. The fourth-order valence-corrected chi connectivity index (χ4v) is 4.09. The zero-order valence-electron chi connectivity index (χ0n) is 19.9. The largest absolute Gasteiger partial charge is 0.508 e. The second-order valence-corrected chi connectivity index (χ2v) is 8.45. The van der Waals surface area contributed by atoms with Crippen molar-refractivity contribution < 1.29 is 24.6 Å². The maximum absolute atomic E-state index is 14.3. The average molecular weight is 490 g/mol. The summed E-state index contributed by atoms with van der Waals surface area (Å²) in [6.45, 7) is -0.157. The number of aromatic hydroxyl groups is 1. The van der Waals surface area contributed by atoms with Crippen LogP contribution < -0.4 is 11.1 Å². The number of nitrogens with zero attached hydrogens (tertiary/aromatic N) is 1. The van der Waals surface area contributed by atoms with Gasteiger partial charge in [-0.3, -0.25) is 14.4 Å². The Morgan fingerprint density at radius 2 is 1.42 bits per heavy atom. The highest BCUT2D eigenvalue weighted by molar-refractivity contribution is 5.93. The number of aliphatic carboxylic acids is 1. The molecule has 0 radical (unpaired) electrons. The zero-order chi connectivity index (χ0) is 25.9. The van der Waals surface area contributed by atoms with Gasteiger partial charge in [-0.25, -0.2) is 0 Å². The normalized spacial score (nSPS) is 11.6. The van der Waals surface area contributed by atoms with Gasteiger partial charge in [0, 0.05) is 6.54 Å². The Balaban J connectivity index is 2.07. The average Bonchev–Trinajstić information content (AvgIpc) is 2.89. The Labute approximate surface area is 210 Å². The quantitative estimate of drug-likeness (QED) is 0.309. The van der Waals surface area contributed by atoms with Gasteiger partial charge in [0.1, 0.15) is 18.3 Å². The summed E-state index contributed by atoms with van der Waals surface area (Å²) in [5.41, 5.74) is 7.98. The minimum absolute atomic E-state index is 0.0851. The van der Waals surface area contributed by atoms with Crippen LogP contribution in [0.25, 0.3) is 0 Å². The lowest BCUT2D eigenvalue weighted by Gasteiger charge is -2.34. The summed E-state index contributed by atoms with van der Waals surface area (Å²) in [6.07, 6.45) is 0.730. The van der Waals surface area contributed by atoms with E-state index in [1.807, 2.05) is 60.7 Å². The lowest BCUT2D eigenvalue weighted by molar-refractivity contribution is -0.143. The van der Waals surface area contributed by atoms with Crippen molar-refractivity contribution in [3.63, 3.8) is 0 Å². The molecule has 0 spiro atoms. The molecule has 0 unspecified atom stereocenters. The van der Waals surface area contributed by atoms with E-state index < -0.39 is 30.4 Å². The number of carboxylic acid groups (broad SMARTS) is 1. The summed E-state index contributed by atoms with van der Waals surface area (Å²) in [4.78, 5) is 40.1. The molecule has 3 rings (SSSR count). The van der Waals surface area contributed by atoms with Crippen LogP contribution in [-0.2, 0) is 20.9 Å². The number of nitrogens with two attached hydrogens (primary N) is 1. The fourth-order valence-electron chi connectivity index (χ4n) is 4.09. The summed E-state index contributed by atoms with van der Waals surface area (Å²) in [6, 6.07) is 24.1. The molecule has 5 N–H and O–H groups in total. The standard InChI is InChI=1S/C28H31N3O5/c29-17-7-12-24(27(35)30-18-25(33)34)31(19-20-13-15-23(32)16-14-20)28(36)26(21-8-3-1-4-9-21)22-10-5-2-6-11-22/h1-6,8-11,13-16,24,26,32H,7,12,17-19,29H2,(H,30,35)(H,33,34)/t24-/m1/s1. The smallest absolute Gasteiger partial charge is 0.322 e. The third kappa shape index (κ3) is 7.16. The Hall–Kier alpha value is -4.17. The summed E-state index contributed by atoms with van der Waals surface area (Å²) >= 11 is 0. The monoisotopic (exact) mass is 489 g/mol. The molecule has 0 aliphatic heterocycles. The topological polar surface area (TPSA) is 133 Å². The molecule has 3 aromatic rings. The number of carboxylic acids is 1. The van der Waals surface area contributed by atoms with Crippen LogP contribution in [0.2, 0.25) is 0 Å². The van der Waals surface area contributed by atoms with Crippen LogP contribution in [0.15, 0.2) is 84.9 Å². The maximum atomic E-state index is 14.3. The highest BCUT2D eigenvalue weighted by atomic mass is 16.4. The Morgan fingerprint density at radius 3 is 1.92 bits per heavy atom. The van der Waals surface area contributed by atoms with Crippen LogP contribution in [0, 0.1) is 0 Å². The molecule has 0 bridgehead atoms. The van der Waals surface area contributed by atoms with Gasteiger partial charge >= 0.3 is 5.97 Å². The summed E-state index contributed by atoms with van der Waals surface area (Å²) in [5, 5.41) is 21.2. The van der Waals surface area contributed by atoms with Crippen LogP contribution in [0.5, 0.6) is 5.75 Å². The van der Waals surface area contributed by atoms with Crippen LogP contribution in [0.1, 0.15) is 35.4 Å². The number of hydrogen-bond donors (Lipinski definition) is 4. The summed E-state index contributed by atoms with van der Waals surface area (Å²) in [7, 11) is 0.